The van der Waals surface area contributed by atoms with Crippen LogP contribution in [0.15, 0.2) is 59.1 Å². The van der Waals surface area contributed by atoms with Crippen molar-refractivity contribution in [2.75, 3.05) is 13.1 Å². The number of nitrogens with two attached hydrogens (primary N) is 1. The van der Waals surface area contributed by atoms with Crippen molar-refractivity contribution in [3.63, 3.8) is 0 Å². The summed E-state index contributed by atoms with van der Waals surface area (Å²) in [7, 11) is 0. The number of hydrogen-bond donors (Lipinski definition) is 1. The molecule has 0 saturated carbocycles. The van der Waals surface area contributed by atoms with E-state index in [4.69, 9.17) is 10.3 Å². The Morgan fingerprint density at radius 2 is 1.81 bits per heavy atom. The quantitative estimate of drug-likeness (QED) is 0.682. The Labute approximate surface area is 182 Å². The van der Waals surface area contributed by atoms with Gasteiger partial charge in [-0.3, -0.25) is 9.59 Å². The van der Waals surface area contributed by atoms with Gasteiger partial charge in [0, 0.05) is 13.1 Å². The van der Waals surface area contributed by atoms with Gasteiger partial charge in [0.15, 0.2) is 0 Å². The van der Waals surface area contributed by atoms with Crippen molar-refractivity contribution < 1.29 is 14.1 Å². The van der Waals surface area contributed by atoms with Gasteiger partial charge in [0.25, 0.3) is 5.91 Å². The smallest absolute Gasteiger partial charge is 0.259 e. The summed E-state index contributed by atoms with van der Waals surface area (Å²) in [6, 6.07) is 18.2. The first-order chi connectivity index (χ1) is 14.9. The maximum atomic E-state index is 13.2. The Morgan fingerprint density at radius 3 is 2.48 bits per heavy atom. The van der Waals surface area contributed by atoms with Crippen LogP contribution in [0.3, 0.4) is 0 Å². The maximum absolute atomic E-state index is 13.2. The predicted molar refractivity (Wildman–Crippen MR) is 118 cm³/mol. The molecule has 2 heterocycles. The van der Waals surface area contributed by atoms with Crippen molar-refractivity contribution in [3.8, 4) is 11.1 Å². The molecule has 2 N–H and O–H groups in total. The van der Waals surface area contributed by atoms with Crippen molar-refractivity contribution in [1.29, 1.82) is 0 Å². The van der Waals surface area contributed by atoms with Crippen LogP contribution in [-0.4, -0.2) is 35.0 Å². The predicted octanol–water partition coefficient (Wildman–Crippen LogP) is 3.91. The summed E-state index contributed by atoms with van der Waals surface area (Å²) in [5.41, 5.74) is 9.42. The molecule has 0 unspecified atom stereocenters. The molecule has 2 aromatic carbocycles. The van der Waals surface area contributed by atoms with Gasteiger partial charge in [-0.25, -0.2) is 0 Å². The second-order valence-electron chi connectivity index (χ2n) is 8.37. The van der Waals surface area contributed by atoms with Crippen molar-refractivity contribution >= 4 is 11.8 Å². The fraction of sp³-hybridized carbons (Fsp3) is 0.320. The van der Waals surface area contributed by atoms with E-state index in [1.54, 1.807) is 18.7 Å². The third-order valence-electron chi connectivity index (χ3n) is 6.27. The third kappa shape index (κ3) is 3.98. The lowest BCUT2D eigenvalue weighted by molar-refractivity contribution is -0.130. The molecule has 1 aromatic heterocycles. The zero-order valence-corrected chi connectivity index (χ0v) is 17.9. The molecular weight excluding hydrogens is 390 g/mol. The monoisotopic (exact) mass is 417 g/mol. The zero-order valence-electron chi connectivity index (χ0n) is 17.9. The number of likely N-dealkylation sites (tertiary alicyclic amines) is 1. The van der Waals surface area contributed by atoms with Crippen molar-refractivity contribution in [3.05, 3.63) is 77.2 Å². The molecule has 1 aliphatic rings. The minimum atomic E-state index is -0.822. The van der Waals surface area contributed by atoms with Crippen LogP contribution >= 0.6 is 0 Å². The van der Waals surface area contributed by atoms with E-state index in [1.807, 2.05) is 36.4 Å². The lowest BCUT2D eigenvalue weighted by Gasteiger charge is -2.41. The Bertz CT molecular complexity index is 1090. The second kappa shape index (κ2) is 8.38. The van der Waals surface area contributed by atoms with Crippen molar-refractivity contribution in [2.24, 2.45) is 11.1 Å². The van der Waals surface area contributed by atoms with Crippen LogP contribution in [0.1, 0.15) is 40.2 Å². The maximum Gasteiger partial charge on any atom is 0.259 e. The first-order valence-electron chi connectivity index (χ1n) is 10.6. The Balaban J connectivity index is 1.66. The molecule has 3 aromatic rings. The van der Waals surface area contributed by atoms with Gasteiger partial charge >= 0.3 is 0 Å². The molecule has 2 amide bonds. The van der Waals surface area contributed by atoms with Crippen LogP contribution in [0.4, 0.5) is 0 Å². The topological polar surface area (TPSA) is 89.4 Å². The van der Waals surface area contributed by atoms with E-state index in [9.17, 15) is 9.59 Å². The molecule has 1 aliphatic heterocycles. The molecule has 1 fully saturated rings. The van der Waals surface area contributed by atoms with Gasteiger partial charge in [0.2, 0.25) is 5.91 Å². The lowest BCUT2D eigenvalue weighted by atomic mass is 9.73. The average Bonchev–Trinajstić information content (AvgIpc) is 3.12. The van der Waals surface area contributed by atoms with Crippen molar-refractivity contribution in [2.45, 2.75) is 33.1 Å². The van der Waals surface area contributed by atoms with Gasteiger partial charge in [-0.1, -0.05) is 59.8 Å². The number of hydrogen-bond acceptors (Lipinski definition) is 4. The normalized spacial score (nSPS) is 18.7. The SMILES string of the molecule is Cc1noc(C)c1C(=O)N1CCC[C@](Cc2ccccc2-c2ccccc2)(C(N)=O)C1. The van der Waals surface area contributed by atoms with Crippen LogP contribution in [0, 0.1) is 19.3 Å². The summed E-state index contributed by atoms with van der Waals surface area (Å²) in [5, 5.41) is 3.90. The summed E-state index contributed by atoms with van der Waals surface area (Å²) in [6.07, 6.45) is 1.85. The van der Waals surface area contributed by atoms with Gasteiger partial charge in [-0.2, -0.15) is 0 Å². The molecule has 160 valence electrons. The van der Waals surface area contributed by atoms with E-state index in [-0.39, 0.29) is 18.4 Å². The molecule has 6 heteroatoms. The third-order valence-corrected chi connectivity index (χ3v) is 6.27. The van der Waals surface area contributed by atoms with Gasteiger partial charge in [-0.05, 0) is 49.8 Å². The number of aryl methyl sites for hydroxylation is 2. The minimum absolute atomic E-state index is 0.155. The first kappa shape index (κ1) is 20.8. The highest BCUT2D eigenvalue weighted by Gasteiger charge is 2.43. The number of primary amides is 1. The number of carbonyl (C=O) groups excluding carboxylic acids is 2. The second-order valence-corrected chi connectivity index (χ2v) is 8.37. The molecule has 1 saturated heterocycles. The fourth-order valence-corrected chi connectivity index (χ4v) is 4.62. The summed E-state index contributed by atoms with van der Waals surface area (Å²) in [5.74, 6) is -0.0308. The standard InChI is InChI=1S/C25H27N3O3/c1-17-22(18(2)31-27-17)23(29)28-14-8-13-25(16-28,24(26)30)15-20-11-6-7-12-21(20)19-9-4-3-5-10-19/h3-7,9-12H,8,13-16H2,1-2H3,(H2,26,30)/t25-/m1/s1. The van der Waals surface area contributed by atoms with Gasteiger partial charge in [0.05, 0.1) is 11.1 Å². The van der Waals surface area contributed by atoms with E-state index >= 15 is 0 Å². The van der Waals surface area contributed by atoms with E-state index in [0.717, 1.165) is 16.7 Å². The molecule has 1 atom stereocenters. The highest BCUT2D eigenvalue weighted by atomic mass is 16.5. The molecule has 31 heavy (non-hydrogen) atoms. The molecular formula is C25H27N3O3. The Kier molecular flexibility index (Phi) is 5.63. The molecule has 0 aliphatic carbocycles. The van der Waals surface area contributed by atoms with Gasteiger partial charge < -0.3 is 15.2 Å². The fourth-order valence-electron chi connectivity index (χ4n) is 4.62. The molecule has 4 rings (SSSR count). The highest BCUT2D eigenvalue weighted by molar-refractivity contribution is 5.96. The number of rotatable bonds is 5. The Hall–Kier alpha value is -3.41. The number of amides is 2. The number of benzene rings is 2. The number of aromatic nitrogens is 1. The summed E-state index contributed by atoms with van der Waals surface area (Å²) in [4.78, 5) is 27.7. The van der Waals surface area contributed by atoms with Crippen LogP contribution < -0.4 is 5.73 Å². The van der Waals surface area contributed by atoms with E-state index < -0.39 is 5.41 Å². The molecule has 0 spiro atoms. The highest BCUT2D eigenvalue weighted by Crippen LogP contribution is 2.37. The largest absolute Gasteiger partial charge is 0.369 e. The molecule has 6 nitrogen and oxygen atoms in total. The average molecular weight is 418 g/mol. The van der Waals surface area contributed by atoms with Crippen molar-refractivity contribution in [1.82, 2.24) is 10.1 Å². The summed E-state index contributed by atoms with van der Waals surface area (Å²) < 4.78 is 5.18. The van der Waals surface area contributed by atoms with Crippen LogP contribution in [0.25, 0.3) is 11.1 Å². The number of nitrogens with zero attached hydrogens (tertiary/aromatic N) is 2. The number of piperidine rings is 1. The van der Waals surface area contributed by atoms with E-state index in [0.29, 0.717) is 42.8 Å². The van der Waals surface area contributed by atoms with Gasteiger partial charge in [-0.15, -0.1) is 0 Å². The minimum Gasteiger partial charge on any atom is -0.369 e. The lowest BCUT2D eigenvalue weighted by Crippen LogP contribution is -2.53. The van der Waals surface area contributed by atoms with Crippen LogP contribution in [-0.2, 0) is 11.2 Å². The number of carbonyl (C=O) groups is 2. The van der Waals surface area contributed by atoms with E-state index in [2.05, 4.69) is 23.4 Å². The summed E-state index contributed by atoms with van der Waals surface area (Å²) >= 11 is 0. The molecule has 0 radical (unpaired) electrons. The first-order valence-corrected chi connectivity index (χ1v) is 10.6. The Morgan fingerprint density at radius 1 is 1.10 bits per heavy atom. The van der Waals surface area contributed by atoms with Gasteiger partial charge in [0.1, 0.15) is 11.3 Å². The van der Waals surface area contributed by atoms with Crippen LogP contribution in [0.2, 0.25) is 0 Å². The molecule has 0 bridgehead atoms. The zero-order chi connectivity index (χ0) is 22.0. The summed E-state index contributed by atoms with van der Waals surface area (Å²) in [6.45, 7) is 4.35. The van der Waals surface area contributed by atoms with Crippen LogP contribution in [0.5, 0.6) is 0 Å². The van der Waals surface area contributed by atoms with E-state index in [1.165, 1.54) is 0 Å².